The van der Waals surface area contributed by atoms with Crippen molar-refractivity contribution < 1.29 is 9.53 Å². The van der Waals surface area contributed by atoms with E-state index in [1.54, 1.807) is 7.11 Å². The zero-order valence-corrected chi connectivity index (χ0v) is 12.7. The molecule has 0 saturated carbocycles. The van der Waals surface area contributed by atoms with Crippen LogP contribution in [0.1, 0.15) is 18.4 Å². The quantitative estimate of drug-likeness (QED) is 0.794. The number of ether oxygens (including phenoxy) is 1. The van der Waals surface area contributed by atoms with Crippen LogP contribution in [0.3, 0.4) is 0 Å². The van der Waals surface area contributed by atoms with Gasteiger partial charge in [-0.25, -0.2) is 0 Å². The second-order valence-corrected chi connectivity index (χ2v) is 6.06. The Bertz CT molecular complexity index is 770. The molecule has 0 unspecified atom stereocenters. The van der Waals surface area contributed by atoms with E-state index in [0.717, 1.165) is 48.3 Å². The van der Waals surface area contributed by atoms with Crippen LogP contribution >= 0.6 is 0 Å². The molecule has 5 rings (SSSR count). The number of nitrogens with zero attached hydrogens (tertiary/aromatic N) is 1. The van der Waals surface area contributed by atoms with E-state index in [4.69, 9.17) is 4.74 Å². The predicted octanol–water partition coefficient (Wildman–Crippen LogP) is 3.48. The third-order valence-electron chi connectivity index (χ3n) is 4.89. The Kier molecular flexibility index (Phi) is 3.14. The number of methoxy groups -OCH3 is 1. The molecule has 3 aliphatic heterocycles. The molecule has 112 valence electrons. The van der Waals surface area contributed by atoms with Crippen molar-refractivity contribution in [3.63, 3.8) is 0 Å². The number of carbonyl (C=O) groups is 1. The lowest BCUT2D eigenvalue weighted by molar-refractivity contribution is -0.125. The second-order valence-electron chi connectivity index (χ2n) is 6.06. The molecule has 22 heavy (non-hydrogen) atoms. The Balaban J connectivity index is 1.90. The van der Waals surface area contributed by atoms with Crippen molar-refractivity contribution in [2.24, 2.45) is 5.92 Å². The smallest absolute Gasteiger partial charge is 0.182 e. The maximum absolute atomic E-state index is 12.6. The summed E-state index contributed by atoms with van der Waals surface area (Å²) >= 11 is 0. The van der Waals surface area contributed by atoms with Gasteiger partial charge in [0.05, 0.1) is 12.8 Å². The first-order valence-corrected chi connectivity index (χ1v) is 7.84. The van der Waals surface area contributed by atoms with Crippen molar-refractivity contribution in [1.82, 2.24) is 4.90 Å². The Morgan fingerprint density at radius 2 is 1.91 bits per heavy atom. The highest BCUT2D eigenvalue weighted by atomic mass is 16.5. The molecule has 3 heterocycles. The number of rotatable bonds is 2. The first-order chi connectivity index (χ1) is 10.8. The van der Waals surface area contributed by atoms with Crippen LogP contribution in [0, 0.1) is 5.92 Å². The number of ketones is 1. The molecule has 2 aromatic rings. The molecule has 3 fully saturated rings. The topological polar surface area (TPSA) is 29.5 Å². The maximum atomic E-state index is 12.6. The fourth-order valence-corrected chi connectivity index (χ4v) is 3.65. The monoisotopic (exact) mass is 293 g/mol. The number of hydrogen-bond donors (Lipinski definition) is 0. The van der Waals surface area contributed by atoms with E-state index in [2.05, 4.69) is 23.1 Å². The third kappa shape index (κ3) is 2.00. The zero-order valence-electron chi connectivity index (χ0n) is 12.7. The van der Waals surface area contributed by atoms with Gasteiger partial charge in [0.25, 0.3) is 0 Å². The summed E-state index contributed by atoms with van der Waals surface area (Å²) in [5.41, 5.74) is 1.87. The SMILES string of the molecule is COc1ccc2ccccc2c1/C=C1/C(=O)C2CCN1CC2. The van der Waals surface area contributed by atoms with Gasteiger partial charge in [-0.15, -0.1) is 0 Å². The van der Waals surface area contributed by atoms with Crippen LogP contribution in [-0.4, -0.2) is 30.9 Å². The zero-order chi connectivity index (χ0) is 15.1. The number of piperidine rings is 3. The number of benzene rings is 2. The molecular formula is C19H19NO2. The predicted molar refractivity (Wildman–Crippen MR) is 87.8 cm³/mol. The van der Waals surface area contributed by atoms with Gasteiger partial charge in [0.15, 0.2) is 5.78 Å². The van der Waals surface area contributed by atoms with Crippen molar-refractivity contribution >= 4 is 22.6 Å². The summed E-state index contributed by atoms with van der Waals surface area (Å²) < 4.78 is 5.54. The van der Waals surface area contributed by atoms with E-state index in [1.165, 1.54) is 5.39 Å². The summed E-state index contributed by atoms with van der Waals surface area (Å²) in [7, 11) is 1.68. The minimum Gasteiger partial charge on any atom is -0.496 e. The fraction of sp³-hybridized carbons (Fsp3) is 0.316. The first kappa shape index (κ1) is 13.4. The van der Waals surface area contributed by atoms with Crippen LogP contribution in [0.4, 0.5) is 0 Å². The normalized spacial score (nSPS) is 20.1. The summed E-state index contributed by atoms with van der Waals surface area (Å²) in [6.07, 6.45) is 4.04. The molecule has 0 aromatic heterocycles. The molecule has 3 saturated heterocycles. The molecule has 0 amide bonds. The van der Waals surface area contributed by atoms with Crippen molar-refractivity contribution in [2.75, 3.05) is 20.2 Å². The van der Waals surface area contributed by atoms with Crippen LogP contribution < -0.4 is 4.74 Å². The van der Waals surface area contributed by atoms with Gasteiger partial charge in [0.1, 0.15) is 5.75 Å². The molecular weight excluding hydrogens is 274 g/mol. The van der Waals surface area contributed by atoms with Gasteiger partial charge < -0.3 is 9.64 Å². The van der Waals surface area contributed by atoms with Crippen molar-refractivity contribution in [3.8, 4) is 5.75 Å². The average molecular weight is 293 g/mol. The lowest BCUT2D eigenvalue weighted by Gasteiger charge is -2.41. The molecule has 0 radical (unpaired) electrons. The first-order valence-electron chi connectivity index (χ1n) is 7.84. The van der Waals surface area contributed by atoms with E-state index in [-0.39, 0.29) is 5.92 Å². The maximum Gasteiger partial charge on any atom is 0.182 e. The Morgan fingerprint density at radius 1 is 1.14 bits per heavy atom. The molecule has 3 heteroatoms. The fourth-order valence-electron chi connectivity index (χ4n) is 3.65. The van der Waals surface area contributed by atoms with Crippen molar-refractivity contribution in [2.45, 2.75) is 12.8 Å². The van der Waals surface area contributed by atoms with Crippen LogP contribution in [0.25, 0.3) is 16.8 Å². The van der Waals surface area contributed by atoms with Gasteiger partial charge in [-0.05, 0) is 35.8 Å². The van der Waals surface area contributed by atoms with Gasteiger partial charge in [-0.3, -0.25) is 4.79 Å². The molecule has 0 spiro atoms. The van der Waals surface area contributed by atoms with Gasteiger partial charge in [0, 0.05) is 24.6 Å². The molecule has 0 atom stereocenters. The summed E-state index contributed by atoms with van der Waals surface area (Å²) in [6.45, 7) is 1.99. The number of carbonyl (C=O) groups excluding carboxylic acids is 1. The number of hydrogen-bond acceptors (Lipinski definition) is 3. The number of Topliss-reactive ketones (excluding diaryl/α,β-unsaturated/α-hetero) is 1. The highest BCUT2D eigenvalue weighted by Crippen LogP contribution is 2.36. The minimum absolute atomic E-state index is 0.220. The Morgan fingerprint density at radius 3 is 2.64 bits per heavy atom. The molecule has 0 N–H and O–H groups in total. The van der Waals surface area contributed by atoms with Gasteiger partial charge in [-0.1, -0.05) is 30.3 Å². The summed E-state index contributed by atoms with van der Waals surface area (Å²) in [5, 5.41) is 2.29. The Labute approximate surface area is 130 Å². The van der Waals surface area contributed by atoms with Gasteiger partial charge in [0.2, 0.25) is 0 Å². The highest BCUT2D eigenvalue weighted by Gasteiger charge is 2.36. The molecule has 3 aliphatic rings. The summed E-state index contributed by atoms with van der Waals surface area (Å²) in [6, 6.07) is 12.3. The lowest BCUT2D eigenvalue weighted by atomic mass is 9.84. The van der Waals surface area contributed by atoms with Crippen LogP contribution in [-0.2, 0) is 4.79 Å². The third-order valence-corrected chi connectivity index (χ3v) is 4.89. The van der Waals surface area contributed by atoms with E-state index in [1.807, 2.05) is 24.3 Å². The van der Waals surface area contributed by atoms with Crippen LogP contribution in [0.5, 0.6) is 5.75 Å². The van der Waals surface area contributed by atoms with Gasteiger partial charge >= 0.3 is 0 Å². The second kappa shape index (κ2) is 5.16. The van der Waals surface area contributed by atoms with Crippen LogP contribution in [0.15, 0.2) is 42.1 Å². The molecule has 2 bridgehead atoms. The minimum atomic E-state index is 0.220. The van der Waals surface area contributed by atoms with Crippen molar-refractivity contribution in [1.29, 1.82) is 0 Å². The summed E-state index contributed by atoms with van der Waals surface area (Å²) in [5.74, 6) is 1.34. The van der Waals surface area contributed by atoms with E-state index >= 15 is 0 Å². The molecule has 2 aromatic carbocycles. The highest BCUT2D eigenvalue weighted by molar-refractivity contribution is 6.04. The standard InChI is InChI=1S/C19H19NO2/c1-22-18-7-6-13-4-2-3-5-15(13)16(18)12-17-19(21)14-8-10-20(17)11-9-14/h2-7,12,14H,8-11H2,1H3/b17-12-. The van der Waals surface area contributed by atoms with Crippen LogP contribution in [0.2, 0.25) is 0 Å². The number of fused-ring (bicyclic) bond motifs is 4. The van der Waals surface area contributed by atoms with Gasteiger partial charge in [-0.2, -0.15) is 0 Å². The molecule has 0 aliphatic carbocycles. The lowest BCUT2D eigenvalue weighted by Crippen LogP contribution is -2.45. The van der Waals surface area contributed by atoms with Crippen molar-refractivity contribution in [3.05, 3.63) is 47.7 Å². The van der Waals surface area contributed by atoms with E-state index in [9.17, 15) is 4.79 Å². The average Bonchev–Trinajstić information content (AvgIpc) is 2.58. The van der Waals surface area contributed by atoms with E-state index in [0.29, 0.717) is 5.78 Å². The largest absolute Gasteiger partial charge is 0.496 e. The molecule has 3 nitrogen and oxygen atoms in total. The van der Waals surface area contributed by atoms with E-state index < -0.39 is 0 Å². The number of allylic oxidation sites excluding steroid dienone is 1. The Hall–Kier alpha value is -2.29. The summed E-state index contributed by atoms with van der Waals surface area (Å²) in [4.78, 5) is 14.8.